The number of methoxy groups -OCH3 is 1. The van der Waals surface area contributed by atoms with Crippen LogP contribution in [0.25, 0.3) is 0 Å². The Hall–Kier alpha value is -1.40. The minimum Gasteiger partial charge on any atom is -0.497 e. The van der Waals surface area contributed by atoms with Crippen LogP contribution < -0.4 is 15.8 Å². The highest BCUT2D eigenvalue weighted by Gasteiger charge is 2.11. The van der Waals surface area contributed by atoms with Gasteiger partial charge in [-0.25, -0.2) is 0 Å². The van der Waals surface area contributed by atoms with E-state index in [4.69, 9.17) is 10.5 Å². The highest BCUT2D eigenvalue weighted by atomic mass is 32.2. The minimum atomic E-state index is -1.18. The molecule has 0 aliphatic heterocycles. The van der Waals surface area contributed by atoms with Crippen LogP contribution in [0.4, 0.5) is 5.69 Å². The Morgan fingerprint density at radius 1 is 1.53 bits per heavy atom. The number of amides is 1. The molecular weight excluding hydrogens is 264 g/mol. The van der Waals surface area contributed by atoms with Gasteiger partial charge in [-0.15, -0.1) is 0 Å². The van der Waals surface area contributed by atoms with Crippen molar-refractivity contribution in [1.29, 1.82) is 0 Å². The van der Waals surface area contributed by atoms with Crippen molar-refractivity contribution in [1.82, 2.24) is 0 Å². The molecule has 0 saturated carbocycles. The van der Waals surface area contributed by atoms with Gasteiger partial charge in [0.25, 0.3) is 0 Å². The Balaban J connectivity index is 2.48. The third-order valence-electron chi connectivity index (χ3n) is 2.52. The summed E-state index contributed by atoms with van der Waals surface area (Å²) in [5, 5.41) is 2.70. The molecule has 2 unspecified atom stereocenters. The molecule has 0 heterocycles. The maximum Gasteiger partial charge on any atom is 0.236 e. The standard InChI is InChI=1S/C13H20N2O3S/c1-10(7-14)8-19(17)9-13(16)15-11-4-3-5-12(6-11)18-2/h3-6,10H,7-9,14H2,1-2H3,(H,15,16). The molecule has 1 amide bonds. The lowest BCUT2D eigenvalue weighted by Gasteiger charge is -2.09. The fraction of sp³-hybridized carbons (Fsp3) is 0.462. The van der Waals surface area contributed by atoms with Gasteiger partial charge in [0.15, 0.2) is 0 Å². The highest BCUT2D eigenvalue weighted by molar-refractivity contribution is 7.85. The van der Waals surface area contributed by atoms with Crippen molar-refractivity contribution in [3.05, 3.63) is 24.3 Å². The van der Waals surface area contributed by atoms with Crippen LogP contribution in [0, 0.1) is 5.92 Å². The van der Waals surface area contributed by atoms with Crippen LogP contribution in [0.2, 0.25) is 0 Å². The fourth-order valence-corrected chi connectivity index (χ4v) is 2.74. The van der Waals surface area contributed by atoms with Crippen LogP contribution in [-0.4, -0.2) is 35.3 Å². The summed E-state index contributed by atoms with van der Waals surface area (Å²) >= 11 is 0. The Morgan fingerprint density at radius 3 is 2.89 bits per heavy atom. The normalized spacial score (nSPS) is 13.6. The Bertz CT molecular complexity index is 451. The van der Waals surface area contributed by atoms with E-state index in [0.29, 0.717) is 23.7 Å². The topological polar surface area (TPSA) is 81.4 Å². The van der Waals surface area contributed by atoms with Crippen molar-refractivity contribution >= 4 is 22.4 Å². The van der Waals surface area contributed by atoms with Crippen molar-refractivity contribution in [3.63, 3.8) is 0 Å². The van der Waals surface area contributed by atoms with E-state index in [1.54, 1.807) is 31.4 Å². The second-order valence-corrected chi connectivity index (χ2v) is 5.87. The molecule has 19 heavy (non-hydrogen) atoms. The van der Waals surface area contributed by atoms with Crippen molar-refractivity contribution in [3.8, 4) is 5.75 Å². The molecule has 0 spiro atoms. The number of hydrogen-bond acceptors (Lipinski definition) is 4. The monoisotopic (exact) mass is 284 g/mol. The molecule has 106 valence electrons. The first-order valence-corrected chi connectivity index (χ1v) is 7.53. The van der Waals surface area contributed by atoms with Gasteiger partial charge in [0.05, 0.1) is 7.11 Å². The van der Waals surface area contributed by atoms with Gasteiger partial charge in [0, 0.05) is 28.3 Å². The average Bonchev–Trinajstić information content (AvgIpc) is 2.38. The van der Waals surface area contributed by atoms with E-state index in [-0.39, 0.29) is 17.6 Å². The second kappa shape index (κ2) is 7.91. The molecular formula is C13H20N2O3S. The third kappa shape index (κ3) is 5.85. The maximum absolute atomic E-state index is 11.7. The molecule has 0 aromatic heterocycles. The van der Waals surface area contributed by atoms with E-state index in [1.807, 2.05) is 6.92 Å². The first kappa shape index (κ1) is 15.7. The molecule has 0 aliphatic rings. The third-order valence-corrected chi connectivity index (χ3v) is 4.04. The van der Waals surface area contributed by atoms with E-state index in [1.165, 1.54) is 0 Å². The van der Waals surface area contributed by atoms with Gasteiger partial charge in [-0.1, -0.05) is 13.0 Å². The first-order chi connectivity index (χ1) is 9.05. The summed E-state index contributed by atoms with van der Waals surface area (Å²) in [7, 11) is 0.376. The molecule has 5 nitrogen and oxygen atoms in total. The zero-order valence-corrected chi connectivity index (χ0v) is 12.0. The van der Waals surface area contributed by atoms with E-state index in [0.717, 1.165) is 0 Å². The van der Waals surface area contributed by atoms with E-state index < -0.39 is 10.8 Å². The predicted molar refractivity (Wildman–Crippen MR) is 77.7 cm³/mol. The lowest BCUT2D eigenvalue weighted by Crippen LogP contribution is -2.25. The van der Waals surface area contributed by atoms with Crippen LogP contribution in [0.1, 0.15) is 6.92 Å². The largest absolute Gasteiger partial charge is 0.497 e. The van der Waals surface area contributed by atoms with Crippen molar-refractivity contribution < 1.29 is 13.7 Å². The Labute approximate surface area is 116 Å². The fourth-order valence-electron chi connectivity index (χ4n) is 1.49. The average molecular weight is 284 g/mol. The highest BCUT2D eigenvalue weighted by Crippen LogP contribution is 2.16. The maximum atomic E-state index is 11.7. The van der Waals surface area contributed by atoms with Gasteiger partial charge < -0.3 is 15.8 Å². The van der Waals surface area contributed by atoms with Crippen molar-refractivity contribution in [2.75, 3.05) is 30.5 Å². The summed E-state index contributed by atoms with van der Waals surface area (Å²) in [5.41, 5.74) is 6.09. The Kier molecular flexibility index (Phi) is 6.52. The molecule has 3 N–H and O–H groups in total. The minimum absolute atomic E-state index is 0.0124. The van der Waals surface area contributed by atoms with Gasteiger partial charge >= 0.3 is 0 Å². The molecule has 0 fully saturated rings. The number of rotatable bonds is 7. The summed E-state index contributed by atoms with van der Waals surface area (Å²) in [6.07, 6.45) is 0. The van der Waals surface area contributed by atoms with Crippen LogP contribution in [0.5, 0.6) is 5.75 Å². The van der Waals surface area contributed by atoms with Crippen molar-refractivity contribution in [2.24, 2.45) is 11.7 Å². The molecule has 1 rings (SSSR count). The number of nitrogens with one attached hydrogen (secondary N) is 1. The molecule has 0 bridgehead atoms. The summed E-state index contributed by atoms with van der Waals surface area (Å²) < 4.78 is 16.8. The molecule has 0 saturated heterocycles. The zero-order valence-electron chi connectivity index (χ0n) is 11.2. The van der Waals surface area contributed by atoms with Gasteiger partial charge in [-0.3, -0.25) is 9.00 Å². The molecule has 2 atom stereocenters. The second-order valence-electron chi connectivity index (χ2n) is 4.37. The number of carbonyl (C=O) groups excluding carboxylic acids is 1. The molecule has 1 aromatic rings. The number of nitrogens with two attached hydrogens (primary N) is 1. The number of hydrogen-bond donors (Lipinski definition) is 2. The van der Waals surface area contributed by atoms with Crippen LogP contribution in [0.3, 0.4) is 0 Å². The molecule has 0 radical (unpaired) electrons. The van der Waals surface area contributed by atoms with Gasteiger partial charge in [0.2, 0.25) is 5.91 Å². The van der Waals surface area contributed by atoms with Gasteiger partial charge in [0.1, 0.15) is 11.5 Å². The van der Waals surface area contributed by atoms with Gasteiger partial charge in [-0.2, -0.15) is 0 Å². The van der Waals surface area contributed by atoms with E-state index in [2.05, 4.69) is 5.32 Å². The molecule has 0 aliphatic carbocycles. The van der Waals surface area contributed by atoms with Crippen LogP contribution in [-0.2, 0) is 15.6 Å². The summed E-state index contributed by atoms with van der Waals surface area (Å²) in [6, 6.07) is 7.04. The van der Waals surface area contributed by atoms with Crippen LogP contribution >= 0.6 is 0 Å². The lowest BCUT2D eigenvalue weighted by atomic mass is 10.2. The first-order valence-electron chi connectivity index (χ1n) is 6.04. The number of carbonyl (C=O) groups is 1. The van der Waals surface area contributed by atoms with Gasteiger partial charge in [-0.05, 0) is 24.6 Å². The Morgan fingerprint density at radius 2 is 2.26 bits per heavy atom. The molecule has 6 heteroatoms. The lowest BCUT2D eigenvalue weighted by molar-refractivity contribution is -0.113. The molecule has 1 aromatic carbocycles. The summed E-state index contributed by atoms with van der Waals surface area (Å²) in [5.74, 6) is 0.987. The SMILES string of the molecule is COc1cccc(NC(=O)CS(=O)CC(C)CN)c1. The quantitative estimate of drug-likeness (QED) is 0.782. The van der Waals surface area contributed by atoms with E-state index >= 15 is 0 Å². The summed E-state index contributed by atoms with van der Waals surface area (Å²) in [4.78, 5) is 11.7. The van der Waals surface area contributed by atoms with E-state index in [9.17, 15) is 9.00 Å². The number of benzene rings is 1. The number of anilines is 1. The summed E-state index contributed by atoms with van der Waals surface area (Å²) in [6.45, 7) is 2.39. The zero-order chi connectivity index (χ0) is 14.3. The van der Waals surface area contributed by atoms with Crippen molar-refractivity contribution in [2.45, 2.75) is 6.92 Å². The smallest absolute Gasteiger partial charge is 0.236 e. The number of ether oxygens (including phenoxy) is 1. The van der Waals surface area contributed by atoms with Crippen LogP contribution in [0.15, 0.2) is 24.3 Å². The predicted octanol–water partition coefficient (Wildman–Crippen LogP) is 0.977.